The van der Waals surface area contributed by atoms with E-state index in [2.05, 4.69) is 26.2 Å². The van der Waals surface area contributed by atoms with Crippen LogP contribution in [0.2, 0.25) is 0 Å². The molecule has 3 nitrogen and oxygen atoms in total. The number of para-hydroxylation sites is 1. The number of aliphatic imine (C=N–C) groups is 1. The topological polar surface area (TPSA) is 41.5 Å². The average Bonchev–Trinajstić information content (AvgIpc) is 2.84. The number of halogens is 1. The van der Waals surface area contributed by atoms with E-state index in [9.17, 15) is 4.79 Å². The van der Waals surface area contributed by atoms with Crippen LogP contribution in [0.5, 0.6) is 0 Å². The molecule has 0 aromatic heterocycles. The number of rotatable bonds is 2. The van der Waals surface area contributed by atoms with Crippen LogP contribution in [0.1, 0.15) is 11.1 Å². The van der Waals surface area contributed by atoms with Crippen molar-refractivity contribution in [2.75, 3.05) is 0 Å². The molecule has 1 N–H and O–H groups in total. The van der Waals surface area contributed by atoms with E-state index in [1.165, 1.54) is 11.8 Å². The maximum atomic E-state index is 12.0. The van der Waals surface area contributed by atoms with E-state index in [1.807, 2.05) is 61.5 Å². The highest BCUT2D eigenvalue weighted by Gasteiger charge is 2.23. The summed E-state index contributed by atoms with van der Waals surface area (Å²) in [5.74, 6) is -0.111. The Balaban J connectivity index is 1.84. The summed E-state index contributed by atoms with van der Waals surface area (Å²) in [5, 5.41) is 3.42. The van der Waals surface area contributed by atoms with Crippen LogP contribution in [0.3, 0.4) is 0 Å². The van der Waals surface area contributed by atoms with E-state index in [0.29, 0.717) is 10.1 Å². The Hall–Kier alpha value is -1.85. The Morgan fingerprint density at radius 1 is 1.14 bits per heavy atom. The number of thioether (sulfide) groups is 1. The molecule has 1 aliphatic heterocycles. The molecule has 1 saturated heterocycles. The van der Waals surface area contributed by atoms with Gasteiger partial charge in [0.2, 0.25) is 0 Å². The molecule has 5 heteroatoms. The number of nitrogens with one attached hydrogen (secondary N) is 1. The minimum Gasteiger partial charge on any atom is -0.300 e. The minimum absolute atomic E-state index is 0.111. The van der Waals surface area contributed by atoms with Crippen molar-refractivity contribution in [3.8, 4) is 0 Å². The average molecular weight is 373 g/mol. The third-order valence-corrected chi connectivity index (χ3v) is 4.59. The molecule has 0 saturated carbocycles. The van der Waals surface area contributed by atoms with Crippen LogP contribution < -0.4 is 5.32 Å². The molecule has 0 bridgehead atoms. The van der Waals surface area contributed by atoms with Gasteiger partial charge in [-0.3, -0.25) is 4.79 Å². The molecule has 1 amide bonds. The third-order valence-electron chi connectivity index (χ3n) is 3.16. The van der Waals surface area contributed by atoms with Crippen LogP contribution in [-0.2, 0) is 4.79 Å². The first-order valence-electron chi connectivity index (χ1n) is 6.72. The predicted molar refractivity (Wildman–Crippen MR) is 96.1 cm³/mol. The van der Waals surface area contributed by atoms with E-state index in [1.54, 1.807) is 0 Å². The number of nitrogens with zero attached hydrogens (tertiary/aromatic N) is 1. The van der Waals surface area contributed by atoms with Gasteiger partial charge in [-0.15, -0.1) is 0 Å². The molecule has 0 atom stereocenters. The molecule has 2 aromatic carbocycles. The van der Waals surface area contributed by atoms with Crippen LogP contribution in [0, 0.1) is 6.92 Å². The van der Waals surface area contributed by atoms with Crippen molar-refractivity contribution in [3.05, 3.63) is 69.0 Å². The van der Waals surface area contributed by atoms with Gasteiger partial charge in [-0.25, -0.2) is 4.99 Å². The molecule has 110 valence electrons. The number of hydrogen-bond donors (Lipinski definition) is 1. The number of carbonyl (C=O) groups is 1. The maximum absolute atomic E-state index is 12.0. The fraction of sp³-hybridized carbons (Fsp3) is 0.0588. The van der Waals surface area contributed by atoms with Gasteiger partial charge >= 0.3 is 0 Å². The Bertz CT molecular complexity index is 782. The highest BCUT2D eigenvalue weighted by Crippen LogP contribution is 2.29. The summed E-state index contributed by atoms with van der Waals surface area (Å²) >= 11 is 4.76. The van der Waals surface area contributed by atoms with Gasteiger partial charge in [0, 0.05) is 4.47 Å². The Kier molecular flexibility index (Phi) is 4.45. The zero-order valence-electron chi connectivity index (χ0n) is 11.8. The van der Waals surface area contributed by atoms with Crippen LogP contribution in [0.4, 0.5) is 5.69 Å². The first-order valence-corrected chi connectivity index (χ1v) is 8.33. The van der Waals surface area contributed by atoms with Crippen molar-refractivity contribution < 1.29 is 4.79 Å². The van der Waals surface area contributed by atoms with E-state index in [0.717, 1.165) is 21.3 Å². The largest absolute Gasteiger partial charge is 0.300 e. The minimum atomic E-state index is -0.111. The number of amidine groups is 1. The summed E-state index contributed by atoms with van der Waals surface area (Å²) in [4.78, 5) is 17.2. The molecular weight excluding hydrogens is 360 g/mol. The Labute approximate surface area is 141 Å². The van der Waals surface area contributed by atoms with Gasteiger partial charge in [0.1, 0.15) is 0 Å². The van der Waals surface area contributed by atoms with Crippen molar-refractivity contribution in [2.24, 2.45) is 4.99 Å². The van der Waals surface area contributed by atoms with Gasteiger partial charge in [-0.05, 0) is 54.1 Å². The van der Waals surface area contributed by atoms with Crippen LogP contribution in [0.25, 0.3) is 6.08 Å². The van der Waals surface area contributed by atoms with Crippen molar-refractivity contribution in [3.63, 3.8) is 0 Å². The lowest BCUT2D eigenvalue weighted by Crippen LogP contribution is -2.19. The van der Waals surface area contributed by atoms with Crippen LogP contribution in [0.15, 0.2) is 62.9 Å². The monoisotopic (exact) mass is 372 g/mol. The molecule has 2 aromatic rings. The summed E-state index contributed by atoms with van der Waals surface area (Å²) in [6, 6.07) is 15.7. The van der Waals surface area contributed by atoms with Crippen LogP contribution >= 0.6 is 27.7 Å². The van der Waals surface area contributed by atoms with Crippen molar-refractivity contribution in [1.29, 1.82) is 0 Å². The summed E-state index contributed by atoms with van der Waals surface area (Å²) in [6.07, 6.45) is 1.87. The smallest absolute Gasteiger partial charge is 0.264 e. The summed E-state index contributed by atoms with van der Waals surface area (Å²) in [5.41, 5.74) is 2.93. The highest BCUT2D eigenvalue weighted by atomic mass is 79.9. The number of hydrogen-bond acceptors (Lipinski definition) is 3. The van der Waals surface area contributed by atoms with E-state index in [4.69, 9.17) is 0 Å². The SMILES string of the molecule is Cc1ccccc1N=C1NC(=O)/C(=C/c2ccc(Br)cc2)S1. The first-order chi connectivity index (χ1) is 10.6. The molecule has 1 heterocycles. The summed E-state index contributed by atoms with van der Waals surface area (Å²) in [6.45, 7) is 2.00. The molecule has 0 aliphatic carbocycles. The molecular formula is C17H13BrN2OS. The standard InChI is InChI=1S/C17H13BrN2OS/c1-11-4-2-3-5-14(11)19-17-20-16(21)15(22-17)10-12-6-8-13(18)9-7-12/h2-10H,1H3,(H,19,20,21)/b15-10-. The molecule has 0 radical (unpaired) electrons. The zero-order chi connectivity index (χ0) is 15.5. The van der Waals surface area contributed by atoms with Crippen molar-refractivity contribution >= 4 is 50.5 Å². The summed E-state index contributed by atoms with van der Waals surface area (Å²) < 4.78 is 1.01. The van der Waals surface area contributed by atoms with E-state index >= 15 is 0 Å². The van der Waals surface area contributed by atoms with E-state index < -0.39 is 0 Å². The quantitative estimate of drug-likeness (QED) is 0.779. The number of amides is 1. The fourth-order valence-corrected chi connectivity index (χ4v) is 3.09. The summed E-state index contributed by atoms with van der Waals surface area (Å²) in [7, 11) is 0. The van der Waals surface area contributed by atoms with Gasteiger partial charge in [0.05, 0.1) is 10.6 Å². The second-order valence-electron chi connectivity index (χ2n) is 4.82. The Morgan fingerprint density at radius 3 is 2.59 bits per heavy atom. The van der Waals surface area contributed by atoms with Gasteiger partial charge in [-0.1, -0.05) is 46.3 Å². The number of benzene rings is 2. The zero-order valence-corrected chi connectivity index (χ0v) is 14.2. The lowest BCUT2D eigenvalue weighted by molar-refractivity contribution is -0.115. The van der Waals surface area contributed by atoms with Crippen molar-refractivity contribution in [2.45, 2.75) is 6.92 Å². The second kappa shape index (κ2) is 6.50. The van der Waals surface area contributed by atoms with Crippen molar-refractivity contribution in [1.82, 2.24) is 5.32 Å². The molecule has 1 fully saturated rings. The second-order valence-corrected chi connectivity index (χ2v) is 6.77. The first kappa shape index (κ1) is 15.1. The molecule has 3 rings (SSSR count). The van der Waals surface area contributed by atoms with Crippen LogP contribution in [-0.4, -0.2) is 11.1 Å². The molecule has 22 heavy (non-hydrogen) atoms. The predicted octanol–water partition coefficient (Wildman–Crippen LogP) is 4.65. The van der Waals surface area contributed by atoms with Gasteiger partial charge in [0.15, 0.2) is 5.17 Å². The lowest BCUT2D eigenvalue weighted by atomic mass is 10.2. The number of aryl methyl sites for hydroxylation is 1. The normalized spacial score (nSPS) is 18.0. The fourth-order valence-electron chi connectivity index (χ4n) is 1.99. The van der Waals surface area contributed by atoms with Gasteiger partial charge in [0.25, 0.3) is 5.91 Å². The molecule has 0 unspecified atom stereocenters. The van der Waals surface area contributed by atoms with Gasteiger partial charge in [-0.2, -0.15) is 0 Å². The highest BCUT2D eigenvalue weighted by molar-refractivity contribution is 9.10. The molecule has 0 spiro atoms. The lowest BCUT2D eigenvalue weighted by Gasteiger charge is -1.99. The Morgan fingerprint density at radius 2 is 1.86 bits per heavy atom. The van der Waals surface area contributed by atoms with Gasteiger partial charge < -0.3 is 5.32 Å². The number of carbonyl (C=O) groups excluding carboxylic acids is 1. The molecule has 1 aliphatic rings. The van der Waals surface area contributed by atoms with E-state index in [-0.39, 0.29) is 5.91 Å². The maximum Gasteiger partial charge on any atom is 0.264 e. The third kappa shape index (κ3) is 3.48.